The van der Waals surface area contributed by atoms with Crippen LogP contribution >= 0.6 is 23.2 Å². The summed E-state index contributed by atoms with van der Waals surface area (Å²) >= 11 is 11.4. The number of alkyl halides is 3. The minimum absolute atomic E-state index is 0.0840. The number of Topliss-reactive ketones (excluding diaryl/α,β-unsaturated/α-hetero) is 1. The third-order valence-corrected chi connectivity index (χ3v) is 4.94. The molecule has 0 radical (unpaired) electrons. The number of hydrogen-bond acceptors (Lipinski definition) is 4. The van der Waals surface area contributed by atoms with Gasteiger partial charge in [0.25, 0.3) is 0 Å². The molecule has 0 aliphatic carbocycles. The maximum atomic E-state index is 13.6. The SMILES string of the molecule is CCNCC.Cc1cc(C(=O)CC(O)(c2cc(Cl)cc(Cl)c2)C(F)(F)F)ccc1C(=O)O. The topological polar surface area (TPSA) is 86.6 Å². The largest absolute Gasteiger partial charge is 0.478 e. The molecule has 0 fully saturated rings. The van der Waals surface area contributed by atoms with E-state index in [9.17, 15) is 27.9 Å². The zero-order chi connectivity index (χ0) is 24.7. The zero-order valence-electron chi connectivity index (χ0n) is 17.7. The molecule has 0 saturated carbocycles. The number of halogens is 5. The second kappa shape index (κ2) is 11.7. The summed E-state index contributed by atoms with van der Waals surface area (Å²) < 4.78 is 40.8. The zero-order valence-corrected chi connectivity index (χ0v) is 19.2. The van der Waals surface area contributed by atoms with Crippen molar-refractivity contribution in [3.8, 4) is 0 Å². The monoisotopic (exact) mass is 493 g/mol. The van der Waals surface area contributed by atoms with Gasteiger partial charge in [-0.1, -0.05) is 43.1 Å². The van der Waals surface area contributed by atoms with Gasteiger partial charge in [-0.2, -0.15) is 13.2 Å². The maximum Gasteiger partial charge on any atom is 0.421 e. The normalized spacial score (nSPS) is 13.0. The van der Waals surface area contributed by atoms with Crippen LogP contribution in [0.5, 0.6) is 0 Å². The highest BCUT2D eigenvalue weighted by Crippen LogP contribution is 2.43. The molecule has 1 atom stereocenters. The molecular weight excluding hydrogens is 470 g/mol. The van der Waals surface area contributed by atoms with E-state index in [1.165, 1.54) is 13.0 Å². The lowest BCUT2D eigenvalue weighted by Crippen LogP contribution is -2.44. The Morgan fingerprint density at radius 1 is 1.00 bits per heavy atom. The summed E-state index contributed by atoms with van der Waals surface area (Å²) in [6.07, 6.45) is -6.51. The van der Waals surface area contributed by atoms with Crippen LogP contribution in [0.2, 0.25) is 10.0 Å². The van der Waals surface area contributed by atoms with Crippen molar-refractivity contribution in [3.05, 3.63) is 68.7 Å². The fourth-order valence-electron chi connectivity index (χ4n) is 2.82. The molecule has 3 N–H and O–H groups in total. The summed E-state index contributed by atoms with van der Waals surface area (Å²) in [6.45, 7) is 7.80. The molecule has 0 bridgehead atoms. The third kappa shape index (κ3) is 7.20. The van der Waals surface area contributed by atoms with Crippen LogP contribution in [0, 0.1) is 6.92 Å². The van der Waals surface area contributed by atoms with Crippen LogP contribution in [0.3, 0.4) is 0 Å². The Hall–Kier alpha value is -2.13. The Morgan fingerprint density at radius 3 is 1.91 bits per heavy atom. The van der Waals surface area contributed by atoms with E-state index >= 15 is 0 Å². The van der Waals surface area contributed by atoms with Gasteiger partial charge in [0.2, 0.25) is 0 Å². The van der Waals surface area contributed by atoms with Gasteiger partial charge in [-0.15, -0.1) is 0 Å². The highest BCUT2D eigenvalue weighted by Gasteiger charge is 2.56. The quantitative estimate of drug-likeness (QED) is 0.434. The third-order valence-electron chi connectivity index (χ3n) is 4.50. The fraction of sp³-hybridized carbons (Fsp3) is 0.364. The standard InChI is InChI=1S/C18H13Cl2F3O4.C4H11N/c1-9-4-10(2-3-14(9)16(25)26)15(24)8-17(27,18(21,22)23)11-5-12(19)7-13(20)6-11;1-3-5-4-2/h2-7,27H,8H2,1H3,(H,25,26);5H,3-4H2,1-2H3. The molecule has 0 aromatic heterocycles. The highest BCUT2D eigenvalue weighted by atomic mass is 35.5. The number of hydrogen-bond donors (Lipinski definition) is 3. The van der Waals surface area contributed by atoms with Gasteiger partial charge in [0.1, 0.15) is 0 Å². The van der Waals surface area contributed by atoms with Crippen molar-refractivity contribution in [1.82, 2.24) is 5.32 Å². The van der Waals surface area contributed by atoms with Crippen molar-refractivity contribution in [2.75, 3.05) is 13.1 Å². The van der Waals surface area contributed by atoms with Gasteiger partial charge in [-0.3, -0.25) is 4.79 Å². The maximum absolute atomic E-state index is 13.6. The Balaban J connectivity index is 0.000000920. The van der Waals surface area contributed by atoms with Crippen LogP contribution < -0.4 is 5.32 Å². The van der Waals surface area contributed by atoms with Crippen molar-refractivity contribution in [2.45, 2.75) is 39.0 Å². The summed E-state index contributed by atoms with van der Waals surface area (Å²) in [7, 11) is 0. The predicted octanol–water partition coefficient (Wildman–Crippen LogP) is 5.64. The number of aryl methyl sites for hydroxylation is 1. The predicted molar refractivity (Wildman–Crippen MR) is 118 cm³/mol. The van der Waals surface area contributed by atoms with E-state index in [2.05, 4.69) is 19.2 Å². The van der Waals surface area contributed by atoms with Crippen LogP contribution in [0.15, 0.2) is 36.4 Å². The summed E-state index contributed by atoms with van der Waals surface area (Å²) in [5.41, 5.74) is -4.22. The van der Waals surface area contributed by atoms with E-state index in [1.54, 1.807) is 0 Å². The average Bonchev–Trinajstić information content (AvgIpc) is 2.67. The highest BCUT2D eigenvalue weighted by molar-refractivity contribution is 6.34. The van der Waals surface area contributed by atoms with Crippen LogP contribution in [-0.2, 0) is 5.60 Å². The fourth-order valence-corrected chi connectivity index (χ4v) is 3.35. The summed E-state index contributed by atoms with van der Waals surface area (Å²) in [5, 5.41) is 22.2. The van der Waals surface area contributed by atoms with Gasteiger partial charge in [0.05, 0.1) is 12.0 Å². The van der Waals surface area contributed by atoms with Crippen molar-refractivity contribution in [1.29, 1.82) is 0 Å². The van der Waals surface area contributed by atoms with Crippen molar-refractivity contribution in [2.24, 2.45) is 0 Å². The van der Waals surface area contributed by atoms with Crippen molar-refractivity contribution in [3.63, 3.8) is 0 Å². The Kier molecular flexibility index (Phi) is 10.2. The van der Waals surface area contributed by atoms with E-state index in [4.69, 9.17) is 28.3 Å². The summed E-state index contributed by atoms with van der Waals surface area (Å²) in [6, 6.07) is 6.33. The Bertz CT molecular complexity index is 944. The number of rotatable bonds is 7. The first-order valence-electron chi connectivity index (χ1n) is 9.60. The van der Waals surface area contributed by atoms with Gasteiger partial charge in [0.15, 0.2) is 11.4 Å². The van der Waals surface area contributed by atoms with E-state index in [0.29, 0.717) is 0 Å². The molecule has 0 aliphatic heterocycles. The lowest BCUT2D eigenvalue weighted by molar-refractivity contribution is -0.264. The van der Waals surface area contributed by atoms with Crippen LogP contribution in [0.25, 0.3) is 0 Å². The Labute approximate surface area is 194 Å². The molecule has 176 valence electrons. The number of carbonyl (C=O) groups is 2. The Morgan fingerprint density at radius 2 is 1.53 bits per heavy atom. The number of aromatic carboxylic acids is 1. The average molecular weight is 494 g/mol. The van der Waals surface area contributed by atoms with Crippen LogP contribution in [0.4, 0.5) is 13.2 Å². The van der Waals surface area contributed by atoms with Gasteiger partial charge in [-0.25, -0.2) is 4.79 Å². The minimum Gasteiger partial charge on any atom is -0.478 e. The first kappa shape index (κ1) is 27.9. The molecule has 0 aliphatic rings. The van der Waals surface area contributed by atoms with Crippen molar-refractivity contribution >= 4 is 35.0 Å². The molecular formula is C22H24Cl2F3NO4. The molecule has 32 heavy (non-hydrogen) atoms. The first-order valence-corrected chi connectivity index (χ1v) is 10.4. The van der Waals surface area contributed by atoms with E-state index in [-0.39, 0.29) is 26.7 Å². The molecule has 5 nitrogen and oxygen atoms in total. The van der Waals surface area contributed by atoms with Crippen LogP contribution in [0.1, 0.15) is 52.1 Å². The number of carboxylic acid groups (broad SMARTS) is 1. The number of carboxylic acids is 1. The number of ketones is 1. The molecule has 2 rings (SSSR count). The molecule has 0 heterocycles. The minimum atomic E-state index is -5.19. The smallest absolute Gasteiger partial charge is 0.421 e. The lowest BCUT2D eigenvalue weighted by Gasteiger charge is -2.30. The van der Waals surface area contributed by atoms with Gasteiger partial charge < -0.3 is 15.5 Å². The molecule has 0 saturated heterocycles. The number of benzene rings is 2. The van der Waals surface area contributed by atoms with Gasteiger partial charge in [0, 0.05) is 15.6 Å². The van der Waals surface area contributed by atoms with Crippen molar-refractivity contribution < 1.29 is 33.0 Å². The van der Waals surface area contributed by atoms with E-state index in [1.807, 2.05) is 0 Å². The molecule has 1 unspecified atom stereocenters. The van der Waals surface area contributed by atoms with Gasteiger partial charge in [-0.05, 0) is 61.5 Å². The number of aliphatic hydroxyl groups is 1. The second-order valence-corrected chi connectivity index (χ2v) is 7.78. The summed E-state index contributed by atoms with van der Waals surface area (Å²) in [4.78, 5) is 23.4. The summed E-state index contributed by atoms with van der Waals surface area (Å²) in [5.74, 6) is -2.25. The molecule has 0 amide bonds. The second-order valence-electron chi connectivity index (χ2n) is 6.91. The van der Waals surface area contributed by atoms with E-state index < -0.39 is 35.5 Å². The van der Waals surface area contributed by atoms with Gasteiger partial charge >= 0.3 is 12.1 Å². The molecule has 10 heteroatoms. The molecule has 2 aromatic carbocycles. The number of carbonyl (C=O) groups excluding carboxylic acids is 1. The molecule has 0 spiro atoms. The number of nitrogens with one attached hydrogen (secondary N) is 1. The lowest BCUT2D eigenvalue weighted by atomic mass is 9.86. The van der Waals surface area contributed by atoms with Crippen LogP contribution in [-0.4, -0.2) is 41.2 Å². The van der Waals surface area contributed by atoms with E-state index in [0.717, 1.165) is 43.4 Å². The molecule has 2 aromatic rings. The first-order chi connectivity index (χ1) is 14.8.